The van der Waals surface area contributed by atoms with Crippen molar-refractivity contribution in [1.29, 1.82) is 0 Å². The van der Waals surface area contributed by atoms with Gasteiger partial charge in [-0.25, -0.2) is 0 Å². The fourth-order valence-electron chi connectivity index (χ4n) is 4.53. The highest BCUT2D eigenvalue weighted by Gasteiger charge is 2.76. The molecule has 0 aromatic rings. The standard InChI is InChI=1S/C17H20F6O3/c18-16(19,20)15(25,17(21,22)23)13(10-3-1-2-4-10)26-14(24)12-8-9-5-6-11(12)7-9/h5-6,9-13,25H,1-4,7-8H2. The molecule has 0 aliphatic heterocycles. The van der Waals surface area contributed by atoms with Crippen molar-refractivity contribution in [3.8, 4) is 0 Å². The largest absolute Gasteiger partial charge is 0.458 e. The van der Waals surface area contributed by atoms with Crippen LogP contribution in [0.3, 0.4) is 0 Å². The van der Waals surface area contributed by atoms with Crippen LogP contribution in [0, 0.1) is 23.7 Å². The summed E-state index contributed by atoms with van der Waals surface area (Å²) in [7, 11) is 0. The normalized spacial score (nSPS) is 30.8. The van der Waals surface area contributed by atoms with Gasteiger partial charge in [0.25, 0.3) is 5.60 Å². The highest BCUT2D eigenvalue weighted by atomic mass is 19.4. The predicted octanol–water partition coefficient (Wildman–Crippen LogP) is 4.16. The molecule has 2 bridgehead atoms. The number of carbonyl (C=O) groups excluding carboxylic acids is 1. The van der Waals surface area contributed by atoms with Gasteiger partial charge in [0.2, 0.25) is 0 Å². The molecule has 0 saturated heterocycles. The summed E-state index contributed by atoms with van der Waals surface area (Å²) in [5.74, 6) is -3.13. The number of esters is 1. The lowest BCUT2D eigenvalue weighted by Crippen LogP contribution is -2.67. The topological polar surface area (TPSA) is 46.5 Å². The zero-order valence-corrected chi connectivity index (χ0v) is 13.8. The molecule has 2 saturated carbocycles. The van der Waals surface area contributed by atoms with E-state index < -0.39 is 41.9 Å². The molecule has 148 valence electrons. The third-order valence-electron chi connectivity index (χ3n) is 5.93. The summed E-state index contributed by atoms with van der Waals surface area (Å²) in [5.41, 5.74) is -5.07. The Bertz CT molecular complexity index is 562. The Labute approximate surface area is 146 Å². The van der Waals surface area contributed by atoms with Gasteiger partial charge in [-0.3, -0.25) is 4.79 Å². The van der Waals surface area contributed by atoms with Gasteiger partial charge < -0.3 is 9.84 Å². The van der Waals surface area contributed by atoms with Crippen molar-refractivity contribution in [3.05, 3.63) is 12.2 Å². The van der Waals surface area contributed by atoms with Gasteiger partial charge >= 0.3 is 18.3 Å². The van der Waals surface area contributed by atoms with Gasteiger partial charge in [-0.1, -0.05) is 25.0 Å². The number of aliphatic hydroxyl groups is 1. The van der Waals surface area contributed by atoms with E-state index in [0.717, 1.165) is 0 Å². The van der Waals surface area contributed by atoms with Crippen molar-refractivity contribution in [1.82, 2.24) is 0 Å². The first-order chi connectivity index (χ1) is 11.9. The number of ether oxygens (including phenoxy) is 1. The maximum atomic E-state index is 13.3. The summed E-state index contributed by atoms with van der Waals surface area (Å²) in [6, 6.07) is 0. The summed E-state index contributed by atoms with van der Waals surface area (Å²) in [6.45, 7) is 0. The van der Waals surface area contributed by atoms with Crippen molar-refractivity contribution >= 4 is 5.97 Å². The Morgan fingerprint density at radius 1 is 1.00 bits per heavy atom. The Morgan fingerprint density at radius 3 is 2.00 bits per heavy atom. The zero-order chi connectivity index (χ0) is 19.3. The number of alkyl halides is 6. The lowest BCUT2D eigenvalue weighted by Gasteiger charge is -2.41. The molecule has 0 radical (unpaired) electrons. The van der Waals surface area contributed by atoms with Crippen LogP contribution in [0.2, 0.25) is 0 Å². The molecule has 3 aliphatic rings. The quantitative estimate of drug-likeness (QED) is 0.449. The van der Waals surface area contributed by atoms with Gasteiger partial charge in [-0.2, -0.15) is 26.3 Å². The van der Waals surface area contributed by atoms with Crippen LogP contribution in [0.5, 0.6) is 0 Å². The lowest BCUT2D eigenvalue weighted by atomic mass is 9.84. The van der Waals surface area contributed by atoms with Gasteiger partial charge in [0.1, 0.15) is 0 Å². The summed E-state index contributed by atoms with van der Waals surface area (Å²) in [4.78, 5) is 12.4. The molecule has 2 fully saturated rings. The van der Waals surface area contributed by atoms with Crippen molar-refractivity contribution in [2.24, 2.45) is 23.7 Å². The second-order valence-electron chi connectivity index (χ2n) is 7.55. The minimum absolute atomic E-state index is 0.0447. The average molecular weight is 386 g/mol. The van der Waals surface area contributed by atoms with Gasteiger partial charge in [-0.05, 0) is 43.4 Å². The van der Waals surface area contributed by atoms with Crippen LogP contribution in [0.25, 0.3) is 0 Å². The van der Waals surface area contributed by atoms with Crippen molar-refractivity contribution in [2.45, 2.75) is 62.6 Å². The first-order valence-corrected chi connectivity index (χ1v) is 8.69. The number of allylic oxidation sites excluding steroid dienone is 2. The molecule has 0 heterocycles. The minimum atomic E-state index is -6.01. The van der Waals surface area contributed by atoms with E-state index in [4.69, 9.17) is 4.74 Å². The van der Waals surface area contributed by atoms with Crippen LogP contribution in [0.15, 0.2) is 12.2 Å². The van der Waals surface area contributed by atoms with Gasteiger partial charge in [-0.15, -0.1) is 0 Å². The fraction of sp³-hybridized carbons (Fsp3) is 0.824. The van der Waals surface area contributed by atoms with E-state index in [0.29, 0.717) is 25.7 Å². The summed E-state index contributed by atoms with van der Waals surface area (Å²) in [6.07, 6.45) is -9.09. The van der Waals surface area contributed by atoms with Crippen LogP contribution in [-0.2, 0) is 9.53 Å². The number of rotatable bonds is 4. The second kappa shape index (κ2) is 6.42. The third-order valence-corrected chi connectivity index (χ3v) is 5.93. The van der Waals surface area contributed by atoms with Crippen molar-refractivity contribution in [2.75, 3.05) is 0 Å². The molecule has 3 rings (SSSR count). The van der Waals surface area contributed by atoms with E-state index in [-0.39, 0.29) is 24.7 Å². The van der Waals surface area contributed by atoms with E-state index >= 15 is 0 Å². The Morgan fingerprint density at radius 2 is 1.58 bits per heavy atom. The van der Waals surface area contributed by atoms with Crippen LogP contribution in [0.1, 0.15) is 38.5 Å². The number of hydrogen-bond acceptors (Lipinski definition) is 3. The maximum absolute atomic E-state index is 13.3. The first-order valence-electron chi connectivity index (χ1n) is 8.69. The molecule has 0 amide bonds. The van der Waals surface area contributed by atoms with Crippen LogP contribution < -0.4 is 0 Å². The molecule has 3 nitrogen and oxygen atoms in total. The first kappa shape index (κ1) is 19.5. The molecular weight excluding hydrogens is 366 g/mol. The smallest absolute Gasteiger partial charge is 0.430 e. The predicted molar refractivity (Wildman–Crippen MR) is 77.7 cm³/mol. The van der Waals surface area contributed by atoms with Crippen molar-refractivity contribution < 1.29 is 41.0 Å². The highest BCUT2D eigenvalue weighted by Crippen LogP contribution is 2.51. The summed E-state index contributed by atoms with van der Waals surface area (Å²) >= 11 is 0. The monoisotopic (exact) mass is 386 g/mol. The van der Waals surface area contributed by atoms with Gasteiger partial charge in [0.15, 0.2) is 6.10 Å². The Balaban J connectivity index is 1.89. The molecule has 0 aromatic carbocycles. The van der Waals surface area contributed by atoms with Crippen LogP contribution in [-0.4, -0.2) is 35.1 Å². The minimum Gasteiger partial charge on any atom is -0.458 e. The molecule has 0 spiro atoms. The molecule has 3 aliphatic carbocycles. The fourth-order valence-corrected chi connectivity index (χ4v) is 4.53. The maximum Gasteiger partial charge on any atom is 0.430 e. The van der Waals surface area contributed by atoms with E-state index in [2.05, 4.69) is 0 Å². The van der Waals surface area contributed by atoms with Gasteiger partial charge in [0.05, 0.1) is 5.92 Å². The lowest BCUT2D eigenvalue weighted by molar-refractivity contribution is -0.396. The molecule has 0 aromatic heterocycles. The second-order valence-corrected chi connectivity index (χ2v) is 7.55. The summed E-state index contributed by atoms with van der Waals surface area (Å²) < 4.78 is 84.7. The van der Waals surface area contributed by atoms with E-state index in [1.54, 1.807) is 6.08 Å². The highest BCUT2D eigenvalue weighted by molar-refractivity contribution is 5.74. The molecule has 9 heteroatoms. The van der Waals surface area contributed by atoms with Gasteiger partial charge in [0, 0.05) is 0 Å². The van der Waals surface area contributed by atoms with Crippen LogP contribution in [0.4, 0.5) is 26.3 Å². The number of fused-ring (bicyclic) bond motifs is 2. The van der Waals surface area contributed by atoms with E-state index in [1.807, 2.05) is 6.08 Å². The van der Waals surface area contributed by atoms with Crippen LogP contribution >= 0.6 is 0 Å². The number of halogens is 6. The zero-order valence-electron chi connectivity index (χ0n) is 13.8. The van der Waals surface area contributed by atoms with E-state index in [1.165, 1.54) is 0 Å². The molecule has 4 atom stereocenters. The number of hydrogen-bond donors (Lipinski definition) is 1. The number of carbonyl (C=O) groups is 1. The van der Waals surface area contributed by atoms with Crippen molar-refractivity contribution in [3.63, 3.8) is 0 Å². The average Bonchev–Trinajstić information content (AvgIpc) is 3.25. The molecule has 1 N–H and O–H groups in total. The third kappa shape index (κ3) is 3.12. The summed E-state index contributed by atoms with van der Waals surface area (Å²) in [5, 5.41) is 9.79. The molecule has 26 heavy (non-hydrogen) atoms. The Kier molecular flexibility index (Phi) is 4.82. The molecular formula is C17H20F6O3. The molecule has 4 unspecified atom stereocenters. The SMILES string of the molecule is O=C(OC(C1CCCC1)C(O)(C(F)(F)F)C(F)(F)F)C1CC2C=CC1C2. The Hall–Kier alpha value is -1.25. The van der Waals surface area contributed by atoms with E-state index in [9.17, 15) is 36.2 Å².